The van der Waals surface area contributed by atoms with E-state index in [2.05, 4.69) is 20.4 Å². The molecule has 7 nitrogen and oxygen atoms in total. The predicted molar refractivity (Wildman–Crippen MR) is 81.5 cm³/mol. The number of nitrogens with one attached hydrogen (secondary N) is 1. The molecule has 0 amide bonds. The number of carboxylic acid groups (broad SMARTS) is 1. The highest BCUT2D eigenvalue weighted by Gasteiger charge is 2.09. The summed E-state index contributed by atoms with van der Waals surface area (Å²) in [6.07, 6.45) is 3.51. The highest BCUT2D eigenvalue weighted by molar-refractivity contribution is 5.88. The van der Waals surface area contributed by atoms with Gasteiger partial charge in [0, 0.05) is 24.5 Å². The monoisotopic (exact) mass is 310 g/mol. The Bertz CT molecular complexity index is 785. The fraction of sp³-hybridized carbons (Fsp3) is 0.125. The van der Waals surface area contributed by atoms with E-state index in [0.29, 0.717) is 30.4 Å². The average Bonchev–Trinajstić information content (AvgIpc) is 3.05. The van der Waals surface area contributed by atoms with Crippen LogP contribution in [-0.4, -0.2) is 26.2 Å². The summed E-state index contributed by atoms with van der Waals surface area (Å²) in [5.74, 6) is -0.0729. The van der Waals surface area contributed by atoms with E-state index in [1.54, 1.807) is 24.5 Å². The van der Waals surface area contributed by atoms with Crippen LogP contribution >= 0.6 is 0 Å². The molecule has 0 radical (unpaired) electrons. The van der Waals surface area contributed by atoms with Gasteiger partial charge in [0.05, 0.1) is 12.1 Å². The van der Waals surface area contributed by atoms with Crippen LogP contribution < -0.4 is 5.32 Å². The average molecular weight is 310 g/mol. The second-order valence-electron chi connectivity index (χ2n) is 4.86. The Balaban J connectivity index is 1.60. The van der Waals surface area contributed by atoms with Crippen molar-refractivity contribution in [2.24, 2.45) is 0 Å². The minimum absolute atomic E-state index is 0.218. The van der Waals surface area contributed by atoms with Gasteiger partial charge in [-0.25, -0.2) is 4.79 Å². The Morgan fingerprint density at radius 2 is 2.00 bits per heavy atom. The van der Waals surface area contributed by atoms with Gasteiger partial charge in [0.2, 0.25) is 11.7 Å². The molecule has 0 unspecified atom stereocenters. The molecule has 0 saturated heterocycles. The van der Waals surface area contributed by atoms with E-state index in [4.69, 9.17) is 9.63 Å². The lowest BCUT2D eigenvalue weighted by Crippen LogP contribution is -2.12. The van der Waals surface area contributed by atoms with Gasteiger partial charge in [-0.3, -0.25) is 4.98 Å². The summed E-state index contributed by atoms with van der Waals surface area (Å²) in [6.45, 7) is 1.09. The molecule has 0 aliphatic carbocycles. The van der Waals surface area contributed by atoms with Gasteiger partial charge in [-0.1, -0.05) is 23.4 Å². The van der Waals surface area contributed by atoms with Gasteiger partial charge in [-0.2, -0.15) is 4.98 Å². The summed E-state index contributed by atoms with van der Waals surface area (Å²) in [4.78, 5) is 19.1. The van der Waals surface area contributed by atoms with Crippen LogP contribution in [-0.2, 0) is 13.1 Å². The van der Waals surface area contributed by atoms with Crippen molar-refractivity contribution in [1.29, 1.82) is 0 Å². The number of benzene rings is 1. The first-order chi connectivity index (χ1) is 11.2. The van der Waals surface area contributed by atoms with Crippen molar-refractivity contribution in [2.45, 2.75) is 13.1 Å². The molecule has 116 valence electrons. The maximum Gasteiger partial charge on any atom is 0.335 e. The van der Waals surface area contributed by atoms with Crippen LogP contribution in [0.4, 0.5) is 0 Å². The number of aromatic carboxylic acids is 1. The zero-order chi connectivity index (χ0) is 16.1. The molecule has 0 fully saturated rings. The molecule has 0 spiro atoms. The molecule has 2 heterocycles. The lowest BCUT2D eigenvalue weighted by atomic mass is 10.1. The molecule has 2 aromatic heterocycles. The largest absolute Gasteiger partial charge is 0.478 e. The highest BCUT2D eigenvalue weighted by atomic mass is 16.5. The second kappa shape index (κ2) is 6.80. The predicted octanol–water partition coefficient (Wildman–Crippen LogP) is 2.12. The van der Waals surface area contributed by atoms with Gasteiger partial charge >= 0.3 is 5.97 Å². The van der Waals surface area contributed by atoms with Crippen LogP contribution in [0.1, 0.15) is 21.8 Å². The summed E-state index contributed by atoms with van der Waals surface area (Å²) in [7, 11) is 0. The zero-order valence-electron chi connectivity index (χ0n) is 12.1. The molecular weight excluding hydrogens is 296 g/mol. The molecule has 3 rings (SSSR count). The van der Waals surface area contributed by atoms with E-state index >= 15 is 0 Å². The van der Waals surface area contributed by atoms with E-state index in [-0.39, 0.29) is 5.56 Å². The minimum Gasteiger partial charge on any atom is -0.478 e. The third-order valence-electron chi connectivity index (χ3n) is 3.19. The molecule has 0 bridgehead atoms. The van der Waals surface area contributed by atoms with Crippen LogP contribution in [0.2, 0.25) is 0 Å². The molecule has 2 N–H and O–H groups in total. The number of carbonyl (C=O) groups is 1. The number of nitrogens with zero attached hydrogens (tertiary/aromatic N) is 3. The van der Waals surface area contributed by atoms with Crippen LogP contribution in [0.5, 0.6) is 0 Å². The number of rotatable bonds is 6. The van der Waals surface area contributed by atoms with E-state index in [9.17, 15) is 4.79 Å². The van der Waals surface area contributed by atoms with Crippen molar-refractivity contribution in [3.8, 4) is 11.4 Å². The number of pyridine rings is 1. The molecule has 0 saturated carbocycles. The molecule has 0 aliphatic rings. The summed E-state index contributed by atoms with van der Waals surface area (Å²) in [6, 6.07) is 10.2. The first kappa shape index (κ1) is 14.9. The third kappa shape index (κ3) is 3.78. The first-order valence-corrected chi connectivity index (χ1v) is 6.98. The van der Waals surface area contributed by atoms with Crippen molar-refractivity contribution in [3.63, 3.8) is 0 Å². The Morgan fingerprint density at radius 1 is 1.17 bits per heavy atom. The molecule has 7 heteroatoms. The standard InChI is InChI=1S/C16H14N4O3/c21-16(22)13-5-3-12(4-6-13)15-19-14(23-20-15)10-18-9-11-2-1-7-17-8-11/h1-8,18H,9-10H2,(H,21,22). The van der Waals surface area contributed by atoms with Crippen molar-refractivity contribution in [1.82, 2.24) is 20.4 Å². The van der Waals surface area contributed by atoms with Crippen LogP contribution in [0.3, 0.4) is 0 Å². The normalized spacial score (nSPS) is 10.6. The summed E-state index contributed by atoms with van der Waals surface area (Å²) >= 11 is 0. The first-order valence-electron chi connectivity index (χ1n) is 6.98. The van der Waals surface area contributed by atoms with Gasteiger partial charge < -0.3 is 14.9 Å². The highest BCUT2D eigenvalue weighted by Crippen LogP contribution is 2.16. The lowest BCUT2D eigenvalue weighted by Gasteiger charge is -2.00. The Kier molecular flexibility index (Phi) is 4.39. The number of hydrogen-bond acceptors (Lipinski definition) is 6. The molecule has 3 aromatic rings. The summed E-state index contributed by atoms with van der Waals surface area (Å²) in [5, 5.41) is 16.0. The number of hydrogen-bond donors (Lipinski definition) is 2. The number of carboxylic acids is 1. The smallest absolute Gasteiger partial charge is 0.335 e. The van der Waals surface area contributed by atoms with Crippen molar-refractivity contribution in [3.05, 3.63) is 65.8 Å². The Labute approximate surface area is 132 Å². The summed E-state index contributed by atoms with van der Waals surface area (Å²) < 4.78 is 5.18. The van der Waals surface area contributed by atoms with Gasteiger partial charge in [-0.15, -0.1) is 0 Å². The van der Waals surface area contributed by atoms with Crippen molar-refractivity contribution >= 4 is 5.97 Å². The SMILES string of the molecule is O=C(O)c1ccc(-c2noc(CNCc3cccnc3)n2)cc1. The van der Waals surface area contributed by atoms with Gasteiger partial charge in [-0.05, 0) is 23.8 Å². The zero-order valence-corrected chi connectivity index (χ0v) is 12.1. The van der Waals surface area contributed by atoms with Crippen LogP contribution in [0.25, 0.3) is 11.4 Å². The fourth-order valence-corrected chi connectivity index (χ4v) is 2.02. The van der Waals surface area contributed by atoms with Crippen LogP contribution in [0.15, 0.2) is 53.3 Å². The molecule has 0 atom stereocenters. The fourth-order valence-electron chi connectivity index (χ4n) is 2.02. The second-order valence-corrected chi connectivity index (χ2v) is 4.86. The third-order valence-corrected chi connectivity index (χ3v) is 3.19. The van der Waals surface area contributed by atoms with Gasteiger partial charge in [0.15, 0.2) is 0 Å². The maximum absolute atomic E-state index is 10.8. The van der Waals surface area contributed by atoms with Gasteiger partial charge in [0.1, 0.15) is 0 Å². The quantitative estimate of drug-likeness (QED) is 0.719. The molecule has 0 aliphatic heterocycles. The number of aromatic nitrogens is 3. The topological polar surface area (TPSA) is 101 Å². The van der Waals surface area contributed by atoms with Gasteiger partial charge in [0.25, 0.3) is 0 Å². The van der Waals surface area contributed by atoms with E-state index in [1.807, 2.05) is 12.1 Å². The van der Waals surface area contributed by atoms with Crippen molar-refractivity contribution < 1.29 is 14.4 Å². The minimum atomic E-state index is -0.968. The van der Waals surface area contributed by atoms with E-state index in [1.165, 1.54) is 12.1 Å². The van der Waals surface area contributed by atoms with Crippen molar-refractivity contribution in [2.75, 3.05) is 0 Å². The molecule has 1 aromatic carbocycles. The Hall–Kier alpha value is -3.06. The lowest BCUT2D eigenvalue weighted by molar-refractivity contribution is 0.0697. The van der Waals surface area contributed by atoms with Crippen LogP contribution in [0, 0.1) is 0 Å². The molecular formula is C16H14N4O3. The maximum atomic E-state index is 10.8. The van der Waals surface area contributed by atoms with E-state index < -0.39 is 5.97 Å². The Morgan fingerprint density at radius 3 is 2.70 bits per heavy atom. The molecule has 23 heavy (non-hydrogen) atoms. The summed E-state index contributed by atoms with van der Waals surface area (Å²) in [5.41, 5.74) is 1.99. The van der Waals surface area contributed by atoms with E-state index in [0.717, 1.165) is 5.56 Å².